The maximum atomic E-state index is 6.77. The monoisotopic (exact) mass is 561 g/mol. The van der Waals surface area contributed by atoms with Crippen LogP contribution in [0, 0.1) is 0 Å². The van der Waals surface area contributed by atoms with E-state index in [2.05, 4.69) is 12.6 Å². The maximum Gasteiger partial charge on any atom is 0.115 e. The smallest absolute Gasteiger partial charge is 0.115 e. The number of rotatable bonds is 5. The van der Waals surface area contributed by atoms with Gasteiger partial charge >= 0.3 is 0 Å². The van der Waals surface area contributed by atoms with Gasteiger partial charge < -0.3 is 4.90 Å². The predicted octanol–water partition coefficient (Wildman–Crippen LogP) is -14.8. The van der Waals surface area contributed by atoms with Gasteiger partial charge in [0.15, 0.2) is 0 Å². The van der Waals surface area contributed by atoms with E-state index >= 15 is 0 Å². The van der Waals surface area contributed by atoms with Crippen LogP contribution in [0.2, 0.25) is 0 Å². The van der Waals surface area contributed by atoms with Gasteiger partial charge in [-0.25, -0.2) is 0 Å². The van der Waals surface area contributed by atoms with Crippen LogP contribution in [-0.4, -0.2) is 148 Å². The first-order valence-electron chi connectivity index (χ1n) is 13.2. The molecular weight excluding hydrogens is 553 g/mol. The lowest BCUT2D eigenvalue weighted by atomic mass is 9.53. The van der Waals surface area contributed by atoms with Gasteiger partial charge in [-0.1, -0.05) is 33.0 Å². The summed E-state index contributed by atoms with van der Waals surface area (Å²) >= 11 is 4.58. The minimum absolute atomic E-state index is 0.00456. The minimum Gasteiger partial charge on any atom is -0.345 e. The lowest BCUT2D eigenvalue weighted by molar-refractivity contribution is 1.01. The Balaban J connectivity index is 2.36. The zero-order valence-electron chi connectivity index (χ0n) is 24.9. The fourth-order valence-electron chi connectivity index (χ4n) is 5.54. The fraction of sp³-hybridized carbons (Fsp3) is 0.0769. The molecule has 20 heteroatoms. The summed E-state index contributed by atoms with van der Waals surface area (Å²) in [4.78, 5) is 1.61. The molecule has 0 amide bonds. The molecule has 0 fully saturated rings. The summed E-state index contributed by atoms with van der Waals surface area (Å²) in [5, 5.41) is 0. The van der Waals surface area contributed by atoms with Crippen LogP contribution in [0.5, 0.6) is 0 Å². The first-order chi connectivity index (χ1) is 21.2. The highest BCUT2D eigenvalue weighted by atomic mass is 32.1. The molecule has 0 saturated heterocycles. The van der Waals surface area contributed by atoms with E-state index in [0.29, 0.717) is 0 Å². The summed E-state index contributed by atoms with van der Waals surface area (Å²) in [6.07, 6.45) is 0. The summed E-state index contributed by atoms with van der Waals surface area (Å²) in [7, 11) is 117. The minimum atomic E-state index is -1.33. The molecular formula is C26H5B18NS. The molecule has 0 spiro atoms. The zero-order chi connectivity index (χ0) is 35.0. The topological polar surface area (TPSA) is 3.24 Å². The largest absolute Gasteiger partial charge is 0.345 e. The lowest BCUT2D eigenvalue weighted by Crippen LogP contribution is -2.60. The summed E-state index contributed by atoms with van der Waals surface area (Å²) < 4.78 is 0. The number of nitrogens with zero attached hydrogens (tertiary/aromatic N) is 1. The highest BCUT2D eigenvalue weighted by Gasteiger charge is 2.32. The molecule has 0 aliphatic carbocycles. The molecule has 0 aliphatic heterocycles. The van der Waals surface area contributed by atoms with Gasteiger partial charge in [-0.15, -0.1) is 89.1 Å². The molecule has 174 valence electrons. The number of hydrogen-bond donors (Lipinski definition) is 1. The van der Waals surface area contributed by atoms with Gasteiger partial charge in [-0.2, -0.15) is 0 Å². The van der Waals surface area contributed by atoms with Gasteiger partial charge in [-0.05, 0) is 5.56 Å². The van der Waals surface area contributed by atoms with Gasteiger partial charge in [0.05, 0.1) is 0 Å². The van der Waals surface area contributed by atoms with Crippen LogP contribution >= 0.6 is 12.6 Å². The van der Waals surface area contributed by atoms with Crippen molar-refractivity contribution in [2.24, 2.45) is 0 Å². The molecule has 36 radical (unpaired) electrons. The first-order valence-corrected chi connectivity index (χ1v) is 13.6. The molecule has 0 bridgehead atoms. The number of thiol groups is 1. The number of anilines is 2. The van der Waals surface area contributed by atoms with Crippen LogP contribution in [0.1, 0.15) is 22.6 Å². The Hall–Kier alpha value is -1.80. The van der Waals surface area contributed by atoms with Crippen LogP contribution in [0.4, 0.5) is 11.4 Å². The van der Waals surface area contributed by atoms with Crippen LogP contribution in [0.3, 0.4) is 0 Å². The van der Waals surface area contributed by atoms with Crippen molar-refractivity contribution >= 4 is 264 Å². The van der Waals surface area contributed by atoms with Crippen molar-refractivity contribution in [3.05, 3.63) is 16.7 Å². The van der Waals surface area contributed by atoms with E-state index in [4.69, 9.17) is 141 Å². The molecule has 4 aromatic carbocycles. The van der Waals surface area contributed by atoms with Crippen molar-refractivity contribution in [1.29, 1.82) is 0 Å². The Morgan fingerprint density at radius 3 is 0.913 bits per heavy atom. The molecule has 0 unspecified atom stereocenters. The van der Waals surface area contributed by atoms with Crippen molar-refractivity contribution in [3.8, 4) is 0 Å². The fourth-order valence-corrected chi connectivity index (χ4v) is 5.93. The Bertz CT molecular complexity index is 1820. The van der Waals surface area contributed by atoms with Crippen molar-refractivity contribution < 1.29 is 0 Å². The van der Waals surface area contributed by atoms with E-state index in [1.165, 1.54) is 4.90 Å². The van der Waals surface area contributed by atoms with E-state index in [1.807, 2.05) is 0 Å². The number of benzene rings is 4. The van der Waals surface area contributed by atoms with Crippen molar-refractivity contribution in [2.45, 2.75) is 10.8 Å². The average Bonchev–Trinajstić information content (AvgIpc) is 3.02. The third-order valence-corrected chi connectivity index (χ3v) is 8.75. The second-order valence-corrected chi connectivity index (χ2v) is 11.2. The number of hydrogen-bond acceptors (Lipinski definition) is 2. The summed E-state index contributed by atoms with van der Waals surface area (Å²) in [6, 6.07) is 0. The van der Waals surface area contributed by atoms with E-state index in [-0.39, 0.29) is 131 Å². The van der Waals surface area contributed by atoms with Gasteiger partial charge in [0.2, 0.25) is 0 Å². The summed E-state index contributed by atoms with van der Waals surface area (Å²) in [5.41, 5.74) is -0.979. The third kappa shape index (κ3) is 5.49. The Kier molecular flexibility index (Phi) is 10.7. The highest BCUT2D eigenvalue weighted by molar-refractivity contribution is 7.80. The second-order valence-electron chi connectivity index (χ2n) is 10.7. The Labute approximate surface area is 301 Å². The average molecular weight is 558 g/mol. The van der Waals surface area contributed by atoms with Crippen LogP contribution in [-0.2, 0) is 0 Å². The maximum absolute atomic E-state index is 6.77. The molecule has 0 aromatic heterocycles. The van der Waals surface area contributed by atoms with Crippen molar-refractivity contribution in [2.75, 3.05) is 11.9 Å². The van der Waals surface area contributed by atoms with Crippen molar-refractivity contribution in [3.63, 3.8) is 0 Å². The molecule has 4 aromatic rings. The molecule has 0 N–H and O–H groups in total. The van der Waals surface area contributed by atoms with Crippen LogP contribution in [0.25, 0.3) is 0 Å². The molecule has 4 rings (SSSR count). The third-order valence-electron chi connectivity index (χ3n) is 8.29. The zero-order valence-corrected chi connectivity index (χ0v) is 25.8. The van der Waals surface area contributed by atoms with Gasteiger partial charge in [0, 0.05) is 29.2 Å². The summed E-state index contributed by atoms with van der Waals surface area (Å²) in [6.45, 7) is 0. The normalized spacial score (nSPS) is 11.3. The van der Waals surface area contributed by atoms with Crippen LogP contribution < -0.4 is 103 Å². The van der Waals surface area contributed by atoms with Crippen molar-refractivity contribution in [1.82, 2.24) is 0 Å². The molecule has 46 heavy (non-hydrogen) atoms. The van der Waals surface area contributed by atoms with E-state index in [1.54, 1.807) is 7.05 Å². The van der Waals surface area contributed by atoms with E-state index < -0.39 is 5.92 Å². The van der Waals surface area contributed by atoms with Gasteiger partial charge in [0.1, 0.15) is 141 Å². The molecule has 0 aliphatic rings. The SMILES string of the molecule is [B]c1c([B])c([B])c(C(c2c([B])c([B])c([B])c([B])c2[B])c2c([B])c([B])c([B])c([B])c2N(C)c2c([B])c([B])c([B])c([B])c2S)c([B])c1[B]. The van der Waals surface area contributed by atoms with E-state index in [9.17, 15) is 0 Å². The predicted molar refractivity (Wildman–Crippen MR) is 219 cm³/mol. The highest BCUT2D eigenvalue weighted by Crippen LogP contribution is 2.34. The van der Waals surface area contributed by atoms with Gasteiger partial charge in [0.25, 0.3) is 0 Å². The van der Waals surface area contributed by atoms with Crippen LogP contribution in [0.15, 0.2) is 4.90 Å². The quantitative estimate of drug-likeness (QED) is 0.145. The lowest BCUT2D eigenvalue weighted by Gasteiger charge is -2.39. The Morgan fingerprint density at radius 2 is 0.565 bits per heavy atom. The Morgan fingerprint density at radius 1 is 0.326 bits per heavy atom. The van der Waals surface area contributed by atoms with E-state index in [0.717, 1.165) is 0 Å². The summed E-state index contributed by atoms with van der Waals surface area (Å²) in [5.74, 6) is -1.33. The molecule has 0 heterocycles. The first kappa shape index (κ1) is 37.0. The molecule has 1 nitrogen and oxygen atoms in total. The van der Waals surface area contributed by atoms with Gasteiger partial charge in [-0.3, -0.25) is 0 Å². The molecule has 0 saturated carbocycles. The second kappa shape index (κ2) is 13.2. The molecule has 0 atom stereocenters. The standard InChI is InChI=1S/C26H5B18NS/c1-45(25-22(43)19(40)20(41)23(44)26(25)46)24-5(10(31)15(36)18(39)21(24)42)2(3-6(27)11(32)16(37)12(33)7(3)28)4-8(29)13(34)17(38)14(35)9(4)30/h2,46H,1H3.